The largest absolute Gasteiger partial charge is 0.356 e. The van der Waals surface area contributed by atoms with Crippen LogP contribution < -0.4 is 10.6 Å². The average Bonchev–Trinajstić information content (AvgIpc) is 2.69. The van der Waals surface area contributed by atoms with E-state index in [4.69, 9.17) is 0 Å². The van der Waals surface area contributed by atoms with Gasteiger partial charge in [0.2, 0.25) is 5.91 Å². The Labute approximate surface area is 173 Å². The van der Waals surface area contributed by atoms with Crippen molar-refractivity contribution < 1.29 is 9.59 Å². The van der Waals surface area contributed by atoms with Gasteiger partial charge in [-0.15, -0.1) is 24.8 Å². The Bertz CT molecular complexity index is 582. The molecule has 2 unspecified atom stereocenters. The third-order valence-corrected chi connectivity index (χ3v) is 5.26. The normalized spacial score (nSPS) is 22.1. The Morgan fingerprint density at radius 2 is 1.96 bits per heavy atom. The van der Waals surface area contributed by atoms with Crippen LogP contribution in [0.2, 0.25) is 0 Å². The molecule has 152 valence electrons. The fourth-order valence-corrected chi connectivity index (χ4v) is 3.77. The second kappa shape index (κ2) is 12.2. The van der Waals surface area contributed by atoms with Crippen LogP contribution in [0, 0.1) is 11.8 Å². The number of nitrogens with zero attached hydrogens (tertiary/aromatic N) is 2. The Hall–Kier alpha value is -1.37. The molecule has 0 saturated carbocycles. The first-order chi connectivity index (χ1) is 12.2. The molecule has 2 aliphatic heterocycles. The lowest BCUT2D eigenvalue weighted by Crippen LogP contribution is -2.45. The molecule has 2 amide bonds. The van der Waals surface area contributed by atoms with Crippen molar-refractivity contribution in [2.45, 2.75) is 32.1 Å². The van der Waals surface area contributed by atoms with Gasteiger partial charge in [-0.3, -0.25) is 14.6 Å². The van der Waals surface area contributed by atoms with Gasteiger partial charge >= 0.3 is 0 Å². The van der Waals surface area contributed by atoms with Crippen molar-refractivity contribution in [3.63, 3.8) is 0 Å². The molecule has 0 radical (unpaired) electrons. The Morgan fingerprint density at radius 3 is 2.67 bits per heavy atom. The molecule has 2 saturated heterocycles. The van der Waals surface area contributed by atoms with Crippen LogP contribution in [0.3, 0.4) is 0 Å². The molecule has 27 heavy (non-hydrogen) atoms. The molecule has 2 N–H and O–H groups in total. The summed E-state index contributed by atoms with van der Waals surface area (Å²) in [6.07, 6.45) is 8.50. The maximum absolute atomic E-state index is 12.5. The molecule has 0 spiro atoms. The number of carbonyl (C=O) groups excluding carboxylic acids is 2. The number of carbonyl (C=O) groups is 2. The number of halogens is 2. The smallest absolute Gasteiger partial charge is 0.253 e. The quantitative estimate of drug-likeness (QED) is 0.771. The number of amides is 2. The van der Waals surface area contributed by atoms with Crippen LogP contribution >= 0.6 is 24.8 Å². The van der Waals surface area contributed by atoms with Gasteiger partial charge in [0.25, 0.3) is 5.91 Å². The summed E-state index contributed by atoms with van der Waals surface area (Å²) >= 11 is 0. The zero-order valence-corrected chi connectivity index (χ0v) is 17.2. The zero-order valence-electron chi connectivity index (χ0n) is 15.6. The van der Waals surface area contributed by atoms with Gasteiger partial charge in [0.15, 0.2) is 0 Å². The van der Waals surface area contributed by atoms with E-state index in [1.807, 2.05) is 0 Å². The lowest BCUT2D eigenvalue weighted by molar-refractivity contribution is -0.126. The lowest BCUT2D eigenvalue weighted by Gasteiger charge is -2.32. The zero-order chi connectivity index (χ0) is 17.5. The number of pyridine rings is 1. The maximum atomic E-state index is 12.5. The van der Waals surface area contributed by atoms with Gasteiger partial charge < -0.3 is 15.5 Å². The highest BCUT2D eigenvalue weighted by molar-refractivity contribution is 5.94. The van der Waals surface area contributed by atoms with E-state index in [1.165, 1.54) is 12.8 Å². The molecule has 2 aliphatic rings. The van der Waals surface area contributed by atoms with Crippen LogP contribution in [0.1, 0.15) is 42.5 Å². The number of piperidine rings is 2. The van der Waals surface area contributed by atoms with Gasteiger partial charge in [-0.05, 0) is 63.2 Å². The van der Waals surface area contributed by atoms with Crippen molar-refractivity contribution in [3.05, 3.63) is 30.1 Å². The first-order valence-electron chi connectivity index (χ1n) is 9.42. The predicted octanol–water partition coefficient (Wildman–Crippen LogP) is 2.28. The molecular weight excluding hydrogens is 387 g/mol. The van der Waals surface area contributed by atoms with Gasteiger partial charge in [0.1, 0.15) is 0 Å². The van der Waals surface area contributed by atoms with Crippen molar-refractivity contribution in [2.24, 2.45) is 11.8 Å². The third kappa shape index (κ3) is 6.94. The Morgan fingerprint density at radius 1 is 1.19 bits per heavy atom. The number of nitrogens with one attached hydrogen (secondary N) is 2. The molecule has 1 aromatic heterocycles. The van der Waals surface area contributed by atoms with E-state index in [-0.39, 0.29) is 42.5 Å². The van der Waals surface area contributed by atoms with Crippen LogP contribution in [0.15, 0.2) is 24.5 Å². The molecule has 0 bridgehead atoms. The van der Waals surface area contributed by atoms with Crippen LogP contribution in [0.25, 0.3) is 0 Å². The fourth-order valence-electron chi connectivity index (χ4n) is 3.77. The molecule has 0 aromatic carbocycles. The van der Waals surface area contributed by atoms with Crippen LogP contribution in [-0.2, 0) is 4.79 Å². The highest BCUT2D eigenvalue weighted by Crippen LogP contribution is 2.19. The lowest BCUT2D eigenvalue weighted by atomic mass is 9.95. The van der Waals surface area contributed by atoms with Crippen molar-refractivity contribution >= 4 is 36.6 Å². The van der Waals surface area contributed by atoms with Crippen molar-refractivity contribution in [2.75, 3.05) is 32.7 Å². The molecule has 0 aliphatic carbocycles. The van der Waals surface area contributed by atoms with Gasteiger partial charge in [-0.1, -0.05) is 0 Å². The SMILES string of the molecule is Cl.Cl.O=C(NCCC1CCCNC1)C1CCCN(C(=O)c2ccncc2)C1. The Kier molecular flexibility index (Phi) is 10.7. The van der Waals surface area contributed by atoms with E-state index < -0.39 is 0 Å². The van der Waals surface area contributed by atoms with E-state index in [0.717, 1.165) is 45.4 Å². The summed E-state index contributed by atoms with van der Waals surface area (Å²) in [5.41, 5.74) is 0.640. The first kappa shape index (κ1) is 23.7. The molecule has 2 fully saturated rings. The second-order valence-electron chi connectivity index (χ2n) is 7.12. The standard InChI is InChI=1S/C19H28N4O2.2ClH/c24-18(22-11-5-15-3-1-8-21-13-15)17-4-2-12-23(14-17)19(25)16-6-9-20-10-7-16;;/h6-7,9-10,15,17,21H,1-5,8,11-14H2,(H,22,24);2*1H. The predicted molar refractivity (Wildman–Crippen MR) is 111 cm³/mol. The van der Waals surface area contributed by atoms with Gasteiger partial charge in [0.05, 0.1) is 5.92 Å². The number of rotatable bonds is 5. The van der Waals surface area contributed by atoms with Crippen LogP contribution in [0.4, 0.5) is 0 Å². The number of hydrogen-bond acceptors (Lipinski definition) is 4. The second-order valence-corrected chi connectivity index (χ2v) is 7.12. The molecule has 3 rings (SSSR count). The molecule has 2 atom stereocenters. The van der Waals surface area contributed by atoms with E-state index >= 15 is 0 Å². The minimum Gasteiger partial charge on any atom is -0.356 e. The maximum Gasteiger partial charge on any atom is 0.253 e. The minimum absolute atomic E-state index is 0. The summed E-state index contributed by atoms with van der Waals surface area (Å²) in [7, 11) is 0. The van der Waals surface area contributed by atoms with Gasteiger partial charge in [0, 0.05) is 37.6 Å². The highest BCUT2D eigenvalue weighted by Gasteiger charge is 2.28. The van der Waals surface area contributed by atoms with E-state index in [0.29, 0.717) is 18.0 Å². The molecule has 8 heteroatoms. The summed E-state index contributed by atoms with van der Waals surface area (Å²) in [6, 6.07) is 3.45. The summed E-state index contributed by atoms with van der Waals surface area (Å²) in [6.45, 7) is 4.15. The summed E-state index contributed by atoms with van der Waals surface area (Å²) in [5.74, 6) is 0.665. The fraction of sp³-hybridized carbons (Fsp3) is 0.632. The average molecular weight is 417 g/mol. The van der Waals surface area contributed by atoms with E-state index in [1.54, 1.807) is 29.4 Å². The van der Waals surface area contributed by atoms with Crippen LogP contribution in [-0.4, -0.2) is 54.4 Å². The van der Waals surface area contributed by atoms with Crippen LogP contribution in [0.5, 0.6) is 0 Å². The molecule has 6 nitrogen and oxygen atoms in total. The van der Waals surface area contributed by atoms with E-state index in [9.17, 15) is 9.59 Å². The minimum atomic E-state index is -0.0935. The monoisotopic (exact) mass is 416 g/mol. The number of hydrogen-bond donors (Lipinski definition) is 2. The van der Waals surface area contributed by atoms with E-state index in [2.05, 4.69) is 15.6 Å². The summed E-state index contributed by atoms with van der Waals surface area (Å²) in [4.78, 5) is 30.8. The van der Waals surface area contributed by atoms with Crippen molar-refractivity contribution in [1.29, 1.82) is 0 Å². The molecular formula is C19H30Cl2N4O2. The Balaban J connectivity index is 0.00000182. The molecule has 1 aromatic rings. The summed E-state index contributed by atoms with van der Waals surface area (Å²) in [5, 5.41) is 6.49. The number of likely N-dealkylation sites (tertiary alicyclic amines) is 1. The topological polar surface area (TPSA) is 74.3 Å². The first-order valence-corrected chi connectivity index (χ1v) is 9.42. The highest BCUT2D eigenvalue weighted by atomic mass is 35.5. The number of aromatic nitrogens is 1. The third-order valence-electron chi connectivity index (χ3n) is 5.26. The summed E-state index contributed by atoms with van der Waals surface area (Å²) < 4.78 is 0. The van der Waals surface area contributed by atoms with Crippen molar-refractivity contribution in [3.8, 4) is 0 Å². The van der Waals surface area contributed by atoms with Crippen molar-refractivity contribution in [1.82, 2.24) is 20.5 Å². The van der Waals surface area contributed by atoms with Gasteiger partial charge in [-0.25, -0.2) is 0 Å². The molecule has 3 heterocycles. The van der Waals surface area contributed by atoms with Gasteiger partial charge in [-0.2, -0.15) is 0 Å².